The van der Waals surface area contributed by atoms with E-state index in [1.54, 1.807) is 0 Å². The maximum absolute atomic E-state index is 12.0. The third-order valence-corrected chi connectivity index (χ3v) is 3.11. The van der Waals surface area contributed by atoms with Gasteiger partial charge in [-0.1, -0.05) is 13.0 Å². The van der Waals surface area contributed by atoms with E-state index in [-0.39, 0.29) is 5.91 Å². The van der Waals surface area contributed by atoms with Crippen molar-refractivity contribution >= 4 is 11.6 Å². The fourth-order valence-electron chi connectivity index (χ4n) is 1.52. The van der Waals surface area contributed by atoms with Gasteiger partial charge in [-0.2, -0.15) is 0 Å². The molecule has 0 saturated carbocycles. The van der Waals surface area contributed by atoms with E-state index in [2.05, 4.69) is 19.2 Å². The summed E-state index contributed by atoms with van der Waals surface area (Å²) >= 11 is 0. The van der Waals surface area contributed by atoms with Crippen LogP contribution in [0, 0.1) is 12.3 Å². The number of hydrogen-bond donors (Lipinski definition) is 2. The number of carbonyl (C=O) groups excluding carboxylic acids is 1. The van der Waals surface area contributed by atoms with Gasteiger partial charge in [-0.15, -0.1) is 0 Å². The van der Waals surface area contributed by atoms with Crippen LogP contribution in [0.25, 0.3) is 0 Å². The zero-order valence-electron chi connectivity index (χ0n) is 11.1. The highest BCUT2D eigenvalue weighted by molar-refractivity contribution is 5.95. The van der Waals surface area contributed by atoms with E-state index in [0.717, 1.165) is 12.1 Å². The van der Waals surface area contributed by atoms with Gasteiger partial charge in [0.25, 0.3) is 0 Å². The van der Waals surface area contributed by atoms with Gasteiger partial charge in [0.05, 0.1) is 5.41 Å². The van der Waals surface area contributed by atoms with E-state index >= 15 is 0 Å². The van der Waals surface area contributed by atoms with Crippen LogP contribution < -0.4 is 11.1 Å². The van der Waals surface area contributed by atoms with Crippen molar-refractivity contribution in [2.24, 2.45) is 11.1 Å². The Labute approximate surface area is 103 Å². The highest BCUT2D eigenvalue weighted by Crippen LogP contribution is 2.20. The number of nitrogens with two attached hydrogens (primary N) is 1. The second-order valence-electron chi connectivity index (χ2n) is 5.04. The van der Waals surface area contributed by atoms with Crippen LogP contribution in [-0.4, -0.2) is 12.5 Å². The largest absolute Gasteiger partial charge is 0.329 e. The summed E-state index contributed by atoms with van der Waals surface area (Å²) in [6.07, 6.45) is 0.968. The lowest BCUT2D eigenvalue weighted by Crippen LogP contribution is -2.37. The topological polar surface area (TPSA) is 55.1 Å². The minimum atomic E-state index is -0.530. The lowest BCUT2D eigenvalue weighted by atomic mass is 9.92. The molecule has 3 N–H and O–H groups in total. The van der Waals surface area contributed by atoms with Crippen LogP contribution >= 0.6 is 0 Å². The van der Waals surface area contributed by atoms with Gasteiger partial charge >= 0.3 is 0 Å². The predicted molar refractivity (Wildman–Crippen MR) is 72.0 cm³/mol. The second-order valence-corrected chi connectivity index (χ2v) is 5.04. The maximum Gasteiger partial charge on any atom is 0.231 e. The van der Waals surface area contributed by atoms with Crippen molar-refractivity contribution in [3.8, 4) is 0 Å². The normalized spacial score (nSPS) is 11.4. The molecule has 1 amide bonds. The lowest BCUT2D eigenvalue weighted by molar-refractivity contribution is -0.123. The molecule has 0 aromatic heterocycles. The first kappa shape index (κ1) is 13.7. The molecule has 0 aliphatic heterocycles. The SMILES string of the molecule is CCc1cc(NC(=O)C(C)(C)CN)ccc1C. The third-order valence-electron chi connectivity index (χ3n) is 3.11. The molecular formula is C14H22N2O. The number of nitrogens with one attached hydrogen (secondary N) is 1. The molecule has 3 heteroatoms. The van der Waals surface area contributed by atoms with Crippen molar-refractivity contribution < 1.29 is 4.79 Å². The molecule has 3 nitrogen and oxygen atoms in total. The Kier molecular flexibility index (Phi) is 4.29. The van der Waals surface area contributed by atoms with Crippen LogP contribution in [0.4, 0.5) is 5.69 Å². The fraction of sp³-hybridized carbons (Fsp3) is 0.500. The quantitative estimate of drug-likeness (QED) is 0.841. The Hall–Kier alpha value is -1.35. The number of benzene rings is 1. The first-order valence-electron chi connectivity index (χ1n) is 6.01. The van der Waals surface area contributed by atoms with Crippen molar-refractivity contribution in [1.29, 1.82) is 0 Å². The van der Waals surface area contributed by atoms with E-state index in [9.17, 15) is 4.79 Å². The van der Waals surface area contributed by atoms with Gasteiger partial charge in [-0.25, -0.2) is 0 Å². The van der Waals surface area contributed by atoms with Crippen LogP contribution in [0.2, 0.25) is 0 Å². The molecule has 0 aliphatic rings. The molecule has 0 aliphatic carbocycles. The third kappa shape index (κ3) is 3.30. The molecule has 0 unspecified atom stereocenters. The minimum absolute atomic E-state index is 0.0362. The monoisotopic (exact) mass is 234 g/mol. The number of amides is 1. The first-order chi connectivity index (χ1) is 7.90. The average Bonchev–Trinajstić information content (AvgIpc) is 2.31. The van der Waals surface area contributed by atoms with Gasteiger partial charge in [0.1, 0.15) is 0 Å². The zero-order valence-corrected chi connectivity index (χ0v) is 11.1. The molecule has 0 bridgehead atoms. The molecule has 0 spiro atoms. The number of hydrogen-bond acceptors (Lipinski definition) is 2. The summed E-state index contributed by atoms with van der Waals surface area (Å²) in [5, 5.41) is 2.92. The van der Waals surface area contributed by atoms with Crippen molar-refractivity contribution in [2.75, 3.05) is 11.9 Å². The van der Waals surface area contributed by atoms with Crippen molar-refractivity contribution in [1.82, 2.24) is 0 Å². The summed E-state index contributed by atoms with van der Waals surface area (Å²) < 4.78 is 0. The molecule has 1 aromatic rings. The number of aryl methyl sites for hydroxylation is 2. The van der Waals surface area contributed by atoms with Gasteiger partial charge < -0.3 is 11.1 Å². The molecule has 94 valence electrons. The summed E-state index contributed by atoms with van der Waals surface area (Å²) in [5.41, 5.74) is 8.41. The minimum Gasteiger partial charge on any atom is -0.329 e. The van der Waals surface area contributed by atoms with E-state index in [0.29, 0.717) is 6.54 Å². The summed E-state index contributed by atoms with van der Waals surface area (Å²) in [4.78, 5) is 12.0. The fourth-order valence-corrected chi connectivity index (χ4v) is 1.52. The Morgan fingerprint density at radius 1 is 1.41 bits per heavy atom. The standard InChI is InChI=1S/C14H22N2O/c1-5-11-8-12(7-6-10(11)2)16-13(17)14(3,4)9-15/h6-8H,5,9,15H2,1-4H3,(H,16,17). The average molecular weight is 234 g/mol. The Bertz CT molecular complexity index is 411. The van der Waals surface area contributed by atoms with E-state index < -0.39 is 5.41 Å². The molecule has 1 aromatic carbocycles. The molecular weight excluding hydrogens is 212 g/mol. The summed E-state index contributed by atoms with van der Waals surface area (Å²) in [6, 6.07) is 5.99. The summed E-state index contributed by atoms with van der Waals surface area (Å²) in [5.74, 6) is -0.0362. The van der Waals surface area contributed by atoms with Crippen LogP contribution in [0.1, 0.15) is 31.9 Å². The maximum atomic E-state index is 12.0. The van der Waals surface area contributed by atoms with Gasteiger partial charge in [0.15, 0.2) is 0 Å². The van der Waals surface area contributed by atoms with E-state index in [1.807, 2.05) is 32.0 Å². The summed E-state index contributed by atoms with van der Waals surface area (Å²) in [6.45, 7) is 8.21. The lowest BCUT2D eigenvalue weighted by Gasteiger charge is -2.21. The van der Waals surface area contributed by atoms with Gasteiger partial charge in [-0.3, -0.25) is 4.79 Å². The molecule has 0 radical (unpaired) electrons. The van der Waals surface area contributed by atoms with Crippen LogP contribution in [0.15, 0.2) is 18.2 Å². The molecule has 17 heavy (non-hydrogen) atoms. The van der Waals surface area contributed by atoms with Crippen molar-refractivity contribution in [3.05, 3.63) is 29.3 Å². The molecule has 0 atom stereocenters. The smallest absolute Gasteiger partial charge is 0.231 e. The van der Waals surface area contributed by atoms with E-state index in [1.165, 1.54) is 11.1 Å². The zero-order chi connectivity index (χ0) is 13.1. The van der Waals surface area contributed by atoms with Crippen LogP contribution in [0.5, 0.6) is 0 Å². The second kappa shape index (κ2) is 5.32. The van der Waals surface area contributed by atoms with Crippen LogP contribution in [-0.2, 0) is 11.2 Å². The number of carbonyl (C=O) groups is 1. The Balaban J connectivity index is 2.86. The predicted octanol–water partition coefficient (Wildman–Crippen LogP) is 2.48. The van der Waals surface area contributed by atoms with Gasteiger partial charge in [0.2, 0.25) is 5.91 Å². The Morgan fingerprint density at radius 2 is 2.06 bits per heavy atom. The van der Waals surface area contributed by atoms with Crippen molar-refractivity contribution in [2.45, 2.75) is 34.1 Å². The number of anilines is 1. The number of rotatable bonds is 4. The van der Waals surface area contributed by atoms with Crippen molar-refractivity contribution in [3.63, 3.8) is 0 Å². The molecule has 1 rings (SSSR count). The molecule has 0 fully saturated rings. The first-order valence-corrected chi connectivity index (χ1v) is 6.01. The highest BCUT2D eigenvalue weighted by atomic mass is 16.2. The summed E-state index contributed by atoms with van der Waals surface area (Å²) in [7, 11) is 0. The van der Waals surface area contributed by atoms with Crippen LogP contribution in [0.3, 0.4) is 0 Å². The molecule has 0 saturated heterocycles. The molecule has 0 heterocycles. The Morgan fingerprint density at radius 3 is 2.59 bits per heavy atom. The van der Waals surface area contributed by atoms with Gasteiger partial charge in [-0.05, 0) is 50.5 Å². The van der Waals surface area contributed by atoms with E-state index in [4.69, 9.17) is 5.73 Å². The highest BCUT2D eigenvalue weighted by Gasteiger charge is 2.25. The van der Waals surface area contributed by atoms with Gasteiger partial charge in [0, 0.05) is 12.2 Å².